The van der Waals surface area contributed by atoms with Crippen molar-refractivity contribution in [2.75, 3.05) is 21.3 Å². The molecule has 2 heterocycles. The van der Waals surface area contributed by atoms with Crippen LogP contribution in [0.5, 0.6) is 17.2 Å². The van der Waals surface area contributed by atoms with Gasteiger partial charge in [0.15, 0.2) is 17.3 Å². The monoisotopic (exact) mass is 331 g/mol. The van der Waals surface area contributed by atoms with Gasteiger partial charge < -0.3 is 18.8 Å². The zero-order chi connectivity index (χ0) is 17.1. The smallest absolute Gasteiger partial charge is 0.204 e. The Kier molecular flexibility index (Phi) is 4.54. The summed E-state index contributed by atoms with van der Waals surface area (Å²) >= 11 is 0. The molecule has 0 atom stereocenters. The molecule has 0 unspecified atom stereocenters. The second kappa shape index (κ2) is 6.77. The standard InChI is InChI=1S/C16H21N5O3/c1-10-8-11-12(9-13(22-2)16(24-4)15(11)23-3)21(10)7-5-6-14-17-19-20-18-14/h8-9H,5-7H2,1-4H3,(H,17,18,19,20). The van der Waals surface area contributed by atoms with E-state index in [0.717, 1.165) is 41.8 Å². The summed E-state index contributed by atoms with van der Waals surface area (Å²) in [6.07, 6.45) is 1.67. The van der Waals surface area contributed by atoms with Crippen LogP contribution in [0.1, 0.15) is 17.9 Å². The van der Waals surface area contributed by atoms with Crippen molar-refractivity contribution in [3.05, 3.63) is 23.7 Å². The van der Waals surface area contributed by atoms with Gasteiger partial charge in [-0.15, -0.1) is 10.2 Å². The van der Waals surface area contributed by atoms with Gasteiger partial charge in [0.2, 0.25) is 5.75 Å². The number of methoxy groups -OCH3 is 3. The van der Waals surface area contributed by atoms with Crippen LogP contribution in [0.3, 0.4) is 0 Å². The Bertz CT molecular complexity index is 826. The molecule has 1 aromatic carbocycles. The van der Waals surface area contributed by atoms with Crippen molar-refractivity contribution < 1.29 is 14.2 Å². The molecule has 0 saturated carbocycles. The molecule has 0 fully saturated rings. The maximum Gasteiger partial charge on any atom is 0.204 e. The zero-order valence-corrected chi connectivity index (χ0v) is 14.3. The lowest BCUT2D eigenvalue weighted by Crippen LogP contribution is -2.03. The van der Waals surface area contributed by atoms with E-state index < -0.39 is 0 Å². The van der Waals surface area contributed by atoms with Crippen molar-refractivity contribution in [2.24, 2.45) is 0 Å². The van der Waals surface area contributed by atoms with Crippen LogP contribution >= 0.6 is 0 Å². The molecule has 0 aliphatic carbocycles. The number of aromatic amines is 1. The molecule has 0 amide bonds. The zero-order valence-electron chi connectivity index (χ0n) is 14.3. The maximum atomic E-state index is 5.57. The SMILES string of the molecule is COc1cc2c(cc(C)n2CCCc2nn[nH]n2)c(OC)c1OC. The number of fused-ring (bicyclic) bond motifs is 1. The summed E-state index contributed by atoms with van der Waals surface area (Å²) in [6, 6.07) is 4.09. The van der Waals surface area contributed by atoms with Crippen LogP contribution in [0, 0.1) is 6.92 Å². The van der Waals surface area contributed by atoms with Crippen molar-refractivity contribution >= 4 is 10.9 Å². The summed E-state index contributed by atoms with van der Waals surface area (Å²) in [5.41, 5.74) is 2.20. The topological polar surface area (TPSA) is 87.1 Å². The highest BCUT2D eigenvalue weighted by Gasteiger charge is 2.19. The average Bonchev–Trinajstić information content (AvgIpc) is 3.21. The Labute approximate surface area is 139 Å². The normalized spacial score (nSPS) is 11.0. The number of hydrogen-bond donors (Lipinski definition) is 1. The Hall–Kier alpha value is -2.77. The fraction of sp³-hybridized carbons (Fsp3) is 0.438. The van der Waals surface area contributed by atoms with Gasteiger partial charge in [-0.05, 0) is 19.4 Å². The van der Waals surface area contributed by atoms with Gasteiger partial charge in [0.25, 0.3) is 0 Å². The molecule has 3 aromatic rings. The van der Waals surface area contributed by atoms with Gasteiger partial charge in [0, 0.05) is 30.1 Å². The Morgan fingerprint density at radius 1 is 1.08 bits per heavy atom. The number of ether oxygens (including phenoxy) is 3. The minimum atomic E-state index is 0.608. The number of nitrogens with zero attached hydrogens (tertiary/aromatic N) is 4. The molecule has 0 aliphatic heterocycles. The Balaban J connectivity index is 1.97. The summed E-state index contributed by atoms with van der Waals surface area (Å²) in [4.78, 5) is 0. The largest absolute Gasteiger partial charge is 0.493 e. The third-order valence-corrected chi connectivity index (χ3v) is 4.09. The number of aryl methyl sites for hydroxylation is 3. The van der Waals surface area contributed by atoms with Gasteiger partial charge in [0.05, 0.1) is 26.8 Å². The predicted octanol–water partition coefficient (Wildman–Crippen LogP) is 2.12. The van der Waals surface area contributed by atoms with Crippen molar-refractivity contribution in [2.45, 2.75) is 26.3 Å². The lowest BCUT2D eigenvalue weighted by Gasteiger charge is -2.14. The maximum absolute atomic E-state index is 5.57. The molecule has 1 N–H and O–H groups in total. The van der Waals surface area contributed by atoms with Crippen molar-refractivity contribution in [1.29, 1.82) is 0 Å². The summed E-state index contributed by atoms with van der Waals surface area (Å²) in [6.45, 7) is 2.91. The van der Waals surface area contributed by atoms with Crippen LogP contribution in [-0.4, -0.2) is 46.5 Å². The minimum Gasteiger partial charge on any atom is -0.493 e. The van der Waals surface area contributed by atoms with E-state index in [9.17, 15) is 0 Å². The fourth-order valence-corrected chi connectivity index (χ4v) is 2.99. The quantitative estimate of drug-likeness (QED) is 0.713. The highest BCUT2D eigenvalue weighted by atomic mass is 16.5. The van der Waals surface area contributed by atoms with E-state index in [2.05, 4.69) is 38.2 Å². The molecular formula is C16H21N5O3. The summed E-state index contributed by atoms with van der Waals surface area (Å²) in [7, 11) is 4.88. The van der Waals surface area contributed by atoms with E-state index in [1.807, 2.05) is 6.07 Å². The number of nitrogens with one attached hydrogen (secondary N) is 1. The van der Waals surface area contributed by atoms with Gasteiger partial charge in [-0.2, -0.15) is 5.21 Å². The number of aromatic nitrogens is 5. The van der Waals surface area contributed by atoms with Crippen LogP contribution < -0.4 is 14.2 Å². The number of rotatable bonds is 7. The molecule has 0 bridgehead atoms. The van der Waals surface area contributed by atoms with Crippen molar-refractivity contribution in [1.82, 2.24) is 25.2 Å². The molecule has 0 spiro atoms. The van der Waals surface area contributed by atoms with Crippen LogP contribution in [0.15, 0.2) is 12.1 Å². The molecule has 2 aromatic heterocycles. The van der Waals surface area contributed by atoms with Crippen LogP contribution in [-0.2, 0) is 13.0 Å². The Morgan fingerprint density at radius 3 is 2.50 bits per heavy atom. The van der Waals surface area contributed by atoms with E-state index in [0.29, 0.717) is 17.2 Å². The number of H-pyrrole nitrogens is 1. The van der Waals surface area contributed by atoms with Crippen molar-refractivity contribution in [3.63, 3.8) is 0 Å². The Morgan fingerprint density at radius 2 is 1.88 bits per heavy atom. The third kappa shape index (κ3) is 2.75. The molecule has 128 valence electrons. The minimum absolute atomic E-state index is 0.608. The van der Waals surface area contributed by atoms with Gasteiger partial charge >= 0.3 is 0 Å². The van der Waals surface area contributed by atoms with Gasteiger partial charge in [-0.25, -0.2) is 0 Å². The molecule has 24 heavy (non-hydrogen) atoms. The first-order valence-corrected chi connectivity index (χ1v) is 7.70. The van der Waals surface area contributed by atoms with E-state index in [1.54, 1.807) is 21.3 Å². The van der Waals surface area contributed by atoms with E-state index in [1.165, 1.54) is 0 Å². The predicted molar refractivity (Wildman–Crippen MR) is 88.8 cm³/mol. The highest BCUT2D eigenvalue weighted by molar-refractivity contribution is 5.92. The van der Waals surface area contributed by atoms with Gasteiger partial charge in [0.1, 0.15) is 0 Å². The van der Waals surface area contributed by atoms with E-state index in [4.69, 9.17) is 14.2 Å². The molecule has 0 radical (unpaired) electrons. The molecule has 0 aliphatic rings. The first kappa shape index (κ1) is 16.1. The number of hydrogen-bond acceptors (Lipinski definition) is 6. The second-order valence-electron chi connectivity index (χ2n) is 5.45. The first-order chi connectivity index (χ1) is 11.7. The van der Waals surface area contributed by atoms with Gasteiger partial charge in [-0.1, -0.05) is 5.21 Å². The summed E-state index contributed by atoms with van der Waals surface area (Å²) in [5, 5.41) is 15.0. The number of tetrazole rings is 1. The highest BCUT2D eigenvalue weighted by Crippen LogP contribution is 2.44. The van der Waals surface area contributed by atoms with Crippen LogP contribution in [0.2, 0.25) is 0 Å². The molecule has 8 nitrogen and oxygen atoms in total. The lowest BCUT2D eigenvalue weighted by molar-refractivity contribution is 0.327. The van der Waals surface area contributed by atoms with E-state index >= 15 is 0 Å². The van der Waals surface area contributed by atoms with Crippen LogP contribution in [0.4, 0.5) is 0 Å². The molecule has 3 rings (SSSR count). The molecular weight excluding hydrogens is 310 g/mol. The second-order valence-corrected chi connectivity index (χ2v) is 5.45. The molecule has 8 heteroatoms. The first-order valence-electron chi connectivity index (χ1n) is 7.70. The summed E-state index contributed by atoms with van der Waals surface area (Å²) < 4.78 is 18.7. The van der Waals surface area contributed by atoms with Crippen LogP contribution in [0.25, 0.3) is 10.9 Å². The van der Waals surface area contributed by atoms with E-state index in [-0.39, 0.29) is 0 Å². The fourth-order valence-electron chi connectivity index (χ4n) is 2.99. The third-order valence-electron chi connectivity index (χ3n) is 4.09. The lowest BCUT2D eigenvalue weighted by atomic mass is 10.2. The molecule has 0 saturated heterocycles. The number of benzene rings is 1. The van der Waals surface area contributed by atoms with Crippen molar-refractivity contribution in [3.8, 4) is 17.2 Å². The van der Waals surface area contributed by atoms with Gasteiger partial charge in [-0.3, -0.25) is 0 Å². The summed E-state index contributed by atoms with van der Waals surface area (Å²) in [5.74, 6) is 2.67. The average molecular weight is 331 g/mol.